The molecule has 0 heterocycles. The zero-order chi connectivity index (χ0) is 27.9. The van der Waals surface area contributed by atoms with E-state index in [0.717, 1.165) is 0 Å². The number of azo groups is 1. The fourth-order valence-corrected chi connectivity index (χ4v) is 3.87. The highest BCUT2D eigenvalue weighted by atomic mass is 16.6. The third kappa shape index (κ3) is 5.99. The predicted octanol–water partition coefficient (Wildman–Crippen LogP) is 6.27. The van der Waals surface area contributed by atoms with Gasteiger partial charge in [-0.15, -0.1) is 10.2 Å². The molecule has 0 aromatic heterocycles. The highest BCUT2D eigenvalue weighted by Gasteiger charge is 2.20. The van der Waals surface area contributed by atoms with E-state index >= 15 is 0 Å². The molecule has 0 fully saturated rings. The van der Waals surface area contributed by atoms with Crippen LogP contribution in [0.1, 0.15) is 34.6 Å². The van der Waals surface area contributed by atoms with E-state index < -0.39 is 16.6 Å². The molecule has 0 aliphatic rings. The number of nitro benzene ring substituents is 1. The number of carbonyl (C=O) groups excluding carboxylic acids is 2. The Morgan fingerprint density at radius 1 is 0.974 bits per heavy atom. The van der Waals surface area contributed by atoms with Gasteiger partial charge in [0.2, 0.25) is 0 Å². The second-order valence-corrected chi connectivity index (χ2v) is 8.28. The van der Waals surface area contributed by atoms with Gasteiger partial charge in [-0.2, -0.15) is 0 Å². The van der Waals surface area contributed by atoms with Crippen molar-refractivity contribution >= 4 is 45.3 Å². The van der Waals surface area contributed by atoms with E-state index in [1.54, 1.807) is 43.3 Å². The van der Waals surface area contributed by atoms with Gasteiger partial charge in [0.25, 0.3) is 17.5 Å². The molecule has 0 unspecified atom stereocenters. The number of nitrogens with zero attached hydrogens (tertiary/aromatic N) is 3. The first kappa shape index (κ1) is 26.7. The summed E-state index contributed by atoms with van der Waals surface area (Å²) in [4.78, 5) is 36.0. The maximum absolute atomic E-state index is 13.1. The van der Waals surface area contributed by atoms with E-state index in [2.05, 4.69) is 20.9 Å². The third-order valence-corrected chi connectivity index (χ3v) is 5.67. The summed E-state index contributed by atoms with van der Waals surface area (Å²) in [7, 11) is 0. The lowest BCUT2D eigenvalue weighted by Crippen LogP contribution is -2.22. The molecular weight excluding hydrogens is 502 g/mol. The monoisotopic (exact) mass is 527 g/mol. The Balaban J connectivity index is 1.77. The number of phenolic OH excluding ortho intramolecular Hbond substituents is 1. The van der Waals surface area contributed by atoms with Crippen LogP contribution in [0.25, 0.3) is 10.8 Å². The number of hydrogen-bond donors (Lipinski definition) is 3. The van der Waals surface area contributed by atoms with Gasteiger partial charge in [-0.3, -0.25) is 19.7 Å². The van der Waals surface area contributed by atoms with Gasteiger partial charge in [0.05, 0.1) is 17.1 Å². The molecule has 11 nitrogen and oxygen atoms in total. The molecule has 2 amide bonds. The molecule has 0 saturated carbocycles. The van der Waals surface area contributed by atoms with Crippen molar-refractivity contribution in [3.8, 4) is 11.5 Å². The zero-order valence-corrected chi connectivity index (χ0v) is 21.2. The van der Waals surface area contributed by atoms with Crippen molar-refractivity contribution in [2.45, 2.75) is 13.8 Å². The number of amides is 2. The van der Waals surface area contributed by atoms with Crippen LogP contribution in [0.15, 0.2) is 83.0 Å². The molecule has 4 aromatic rings. The first-order valence-electron chi connectivity index (χ1n) is 12.1. The molecule has 0 spiro atoms. The summed E-state index contributed by atoms with van der Waals surface area (Å²) >= 11 is 0. The van der Waals surface area contributed by atoms with Crippen LogP contribution in [0.5, 0.6) is 11.5 Å². The van der Waals surface area contributed by atoms with Crippen LogP contribution in [0.4, 0.5) is 22.7 Å². The number of ether oxygens (including phenoxy) is 1. The van der Waals surface area contributed by atoms with Gasteiger partial charge >= 0.3 is 0 Å². The number of anilines is 1. The third-order valence-electron chi connectivity index (χ3n) is 5.67. The number of non-ortho nitro benzene ring substituents is 1. The molecule has 4 aromatic carbocycles. The fraction of sp³-hybridized carbons (Fsp3) is 0.143. The summed E-state index contributed by atoms with van der Waals surface area (Å²) in [5.41, 5.74) is 0.542. The van der Waals surface area contributed by atoms with Crippen molar-refractivity contribution in [1.82, 2.24) is 5.32 Å². The van der Waals surface area contributed by atoms with Crippen LogP contribution in [0, 0.1) is 10.1 Å². The Hall–Kier alpha value is -5.32. The van der Waals surface area contributed by atoms with Crippen molar-refractivity contribution in [2.24, 2.45) is 10.2 Å². The average Bonchev–Trinajstić information content (AvgIpc) is 2.93. The standard InChI is InChI=1S/C28H25N5O6/c1-3-29-27(35)18-12-13-24(39-4-2)23(15-18)31-32-25-21-11-6-5-8-17(21)14-22(26(25)34)28(36)30-19-9-7-10-20(16-19)33(37)38/h5-16,34H,3-4H2,1-2H3,(H,29,35)(H,30,36)/b32-31+. The van der Waals surface area contributed by atoms with Gasteiger partial charge in [-0.05, 0) is 49.6 Å². The molecule has 11 heteroatoms. The number of rotatable bonds is 9. The van der Waals surface area contributed by atoms with Crippen LogP contribution in [0.2, 0.25) is 0 Å². The lowest BCUT2D eigenvalue weighted by Gasteiger charge is -2.12. The largest absolute Gasteiger partial charge is 0.505 e. The molecule has 0 bridgehead atoms. The highest BCUT2D eigenvalue weighted by Crippen LogP contribution is 2.40. The molecule has 0 radical (unpaired) electrons. The van der Waals surface area contributed by atoms with Crippen LogP contribution >= 0.6 is 0 Å². The molecular formula is C28H25N5O6. The number of carbonyl (C=O) groups is 2. The Kier molecular flexibility index (Phi) is 8.10. The fourth-order valence-electron chi connectivity index (χ4n) is 3.87. The number of nitro groups is 1. The zero-order valence-electron chi connectivity index (χ0n) is 21.2. The number of benzene rings is 4. The first-order chi connectivity index (χ1) is 18.8. The van der Waals surface area contributed by atoms with E-state index in [0.29, 0.717) is 35.2 Å². The summed E-state index contributed by atoms with van der Waals surface area (Å²) in [5, 5.41) is 37.2. The number of phenols is 1. The number of nitrogens with one attached hydrogen (secondary N) is 2. The molecule has 0 atom stereocenters. The number of fused-ring (bicyclic) bond motifs is 1. The minimum Gasteiger partial charge on any atom is -0.505 e. The average molecular weight is 528 g/mol. The Bertz CT molecular complexity index is 1600. The maximum Gasteiger partial charge on any atom is 0.271 e. The van der Waals surface area contributed by atoms with Gasteiger partial charge in [-0.25, -0.2) is 0 Å². The Morgan fingerprint density at radius 2 is 1.77 bits per heavy atom. The quantitative estimate of drug-likeness (QED) is 0.132. The summed E-state index contributed by atoms with van der Waals surface area (Å²) in [5.74, 6) is -1.02. The first-order valence-corrected chi connectivity index (χ1v) is 12.1. The van der Waals surface area contributed by atoms with E-state index in [4.69, 9.17) is 4.74 Å². The van der Waals surface area contributed by atoms with Gasteiger partial charge in [0.1, 0.15) is 17.1 Å². The van der Waals surface area contributed by atoms with Gasteiger partial charge < -0.3 is 20.5 Å². The molecule has 3 N–H and O–H groups in total. The lowest BCUT2D eigenvalue weighted by molar-refractivity contribution is -0.384. The smallest absolute Gasteiger partial charge is 0.271 e. The normalized spacial score (nSPS) is 10.9. The summed E-state index contributed by atoms with van der Waals surface area (Å²) in [6.45, 7) is 4.42. The summed E-state index contributed by atoms with van der Waals surface area (Å²) in [6.07, 6.45) is 0. The van der Waals surface area contributed by atoms with E-state index in [-0.39, 0.29) is 34.2 Å². The van der Waals surface area contributed by atoms with Gasteiger partial charge in [-0.1, -0.05) is 30.3 Å². The van der Waals surface area contributed by atoms with Crippen molar-refractivity contribution in [3.05, 3.63) is 94.0 Å². The highest BCUT2D eigenvalue weighted by molar-refractivity contribution is 6.11. The minimum absolute atomic E-state index is 0.0307. The van der Waals surface area contributed by atoms with E-state index in [1.807, 2.05) is 6.92 Å². The Morgan fingerprint density at radius 3 is 2.51 bits per heavy atom. The van der Waals surface area contributed by atoms with E-state index in [9.17, 15) is 24.8 Å². The molecule has 0 aliphatic carbocycles. The molecule has 39 heavy (non-hydrogen) atoms. The van der Waals surface area contributed by atoms with Gasteiger partial charge in [0, 0.05) is 35.3 Å². The minimum atomic E-state index is -0.691. The predicted molar refractivity (Wildman–Crippen MR) is 146 cm³/mol. The molecule has 0 aliphatic heterocycles. The van der Waals surface area contributed by atoms with Crippen LogP contribution in [0.3, 0.4) is 0 Å². The second-order valence-electron chi connectivity index (χ2n) is 8.28. The topological polar surface area (TPSA) is 156 Å². The molecule has 198 valence electrons. The van der Waals surface area contributed by atoms with Crippen molar-refractivity contribution in [1.29, 1.82) is 0 Å². The summed E-state index contributed by atoms with van der Waals surface area (Å²) in [6, 6.07) is 18.7. The van der Waals surface area contributed by atoms with Gasteiger partial charge in [0.15, 0.2) is 5.75 Å². The molecule has 4 rings (SSSR count). The lowest BCUT2D eigenvalue weighted by atomic mass is 10.0. The van der Waals surface area contributed by atoms with Crippen molar-refractivity contribution < 1.29 is 24.4 Å². The van der Waals surface area contributed by atoms with Crippen LogP contribution < -0.4 is 15.4 Å². The summed E-state index contributed by atoms with van der Waals surface area (Å²) < 4.78 is 5.63. The number of aromatic hydroxyl groups is 1. The maximum atomic E-state index is 13.1. The van der Waals surface area contributed by atoms with Crippen molar-refractivity contribution in [3.63, 3.8) is 0 Å². The number of hydrogen-bond acceptors (Lipinski definition) is 8. The second kappa shape index (κ2) is 11.8. The molecule has 0 saturated heterocycles. The van der Waals surface area contributed by atoms with Crippen molar-refractivity contribution in [2.75, 3.05) is 18.5 Å². The van der Waals surface area contributed by atoms with Crippen LogP contribution in [-0.2, 0) is 0 Å². The van der Waals surface area contributed by atoms with Crippen LogP contribution in [-0.4, -0.2) is 35.0 Å². The van der Waals surface area contributed by atoms with E-state index in [1.165, 1.54) is 36.4 Å². The SMILES string of the molecule is CCNC(=O)c1ccc(OCC)c(/N=N/c2c(O)c(C(=O)Nc3cccc([N+](=O)[O-])c3)cc3ccccc23)c1. The Labute approximate surface area is 223 Å².